The number of hydrogen-bond acceptors (Lipinski definition) is 8. The van der Waals surface area contributed by atoms with Gasteiger partial charge in [0.05, 0.1) is 11.1 Å². The van der Waals surface area contributed by atoms with E-state index in [2.05, 4.69) is 41.2 Å². The molecule has 0 bridgehead atoms. The van der Waals surface area contributed by atoms with E-state index >= 15 is 0 Å². The lowest BCUT2D eigenvalue weighted by Gasteiger charge is -2.18. The van der Waals surface area contributed by atoms with Gasteiger partial charge >= 0.3 is 0 Å². The van der Waals surface area contributed by atoms with Gasteiger partial charge in [0, 0.05) is 40.7 Å². The average Bonchev–Trinajstić information content (AvgIpc) is 3.28. The SMILES string of the molecule is O=C1COc2ccc(CNC(=O)c3nc4sc5c(c4c(=O)[nH]3)CN(NBr)C5)cc2N1. The van der Waals surface area contributed by atoms with Crippen LogP contribution in [0.2, 0.25) is 0 Å². The third-order valence-corrected chi connectivity index (χ3v) is 6.50. The molecule has 2 aliphatic rings. The van der Waals surface area contributed by atoms with Gasteiger partial charge in [0.15, 0.2) is 6.61 Å². The number of aromatic amines is 1. The molecule has 4 N–H and O–H groups in total. The standard InChI is InChI=1S/C18H15BrN6O4S/c19-24-25-5-9-12(6-25)30-18-14(9)16(27)22-15(23-18)17(28)20-4-8-1-2-11-10(3-8)21-13(26)7-29-11/h1-3,24H,4-7H2,(H,20,28)(H,21,26)(H,22,23,27). The fourth-order valence-electron chi connectivity index (χ4n) is 3.50. The predicted molar refractivity (Wildman–Crippen MR) is 113 cm³/mol. The van der Waals surface area contributed by atoms with Crippen LogP contribution in [0.1, 0.15) is 26.6 Å². The summed E-state index contributed by atoms with van der Waals surface area (Å²) >= 11 is 4.60. The van der Waals surface area contributed by atoms with Crippen LogP contribution in [0.15, 0.2) is 23.0 Å². The van der Waals surface area contributed by atoms with Crippen LogP contribution in [0.5, 0.6) is 5.75 Å². The summed E-state index contributed by atoms with van der Waals surface area (Å²) in [7, 11) is 0. The minimum absolute atomic E-state index is 0.0125. The summed E-state index contributed by atoms with van der Waals surface area (Å²) < 4.78 is 8.21. The molecule has 30 heavy (non-hydrogen) atoms. The van der Waals surface area contributed by atoms with Crippen molar-refractivity contribution in [1.82, 2.24) is 24.7 Å². The van der Waals surface area contributed by atoms with Crippen molar-refractivity contribution in [2.75, 3.05) is 11.9 Å². The van der Waals surface area contributed by atoms with Crippen molar-refractivity contribution >= 4 is 55.2 Å². The largest absolute Gasteiger partial charge is 0.482 e. The van der Waals surface area contributed by atoms with Crippen LogP contribution in [0.4, 0.5) is 5.69 Å². The molecule has 0 atom stereocenters. The fourth-order valence-corrected chi connectivity index (χ4v) is 4.95. The van der Waals surface area contributed by atoms with E-state index in [4.69, 9.17) is 4.74 Å². The van der Waals surface area contributed by atoms with Gasteiger partial charge in [0.25, 0.3) is 17.4 Å². The van der Waals surface area contributed by atoms with Crippen molar-refractivity contribution in [3.63, 3.8) is 0 Å². The first-order chi connectivity index (χ1) is 14.5. The van der Waals surface area contributed by atoms with Crippen LogP contribution in [0.3, 0.4) is 0 Å². The Morgan fingerprint density at radius 3 is 3.03 bits per heavy atom. The van der Waals surface area contributed by atoms with Gasteiger partial charge < -0.3 is 20.4 Å². The number of nitrogens with zero attached hydrogens (tertiary/aromatic N) is 2. The molecule has 1 aromatic carbocycles. The van der Waals surface area contributed by atoms with Gasteiger partial charge in [-0.3, -0.25) is 14.4 Å². The monoisotopic (exact) mass is 490 g/mol. The zero-order valence-electron chi connectivity index (χ0n) is 15.4. The van der Waals surface area contributed by atoms with Gasteiger partial charge in [-0.1, -0.05) is 6.07 Å². The molecular formula is C18H15BrN6O4S. The van der Waals surface area contributed by atoms with E-state index in [1.54, 1.807) is 18.2 Å². The van der Waals surface area contributed by atoms with Crippen molar-refractivity contribution in [2.24, 2.45) is 0 Å². The molecule has 2 amide bonds. The molecule has 0 spiro atoms. The summed E-state index contributed by atoms with van der Waals surface area (Å²) in [5, 5.41) is 7.93. The average molecular weight is 491 g/mol. The Bertz CT molecular complexity index is 1260. The molecule has 10 nitrogen and oxygen atoms in total. The van der Waals surface area contributed by atoms with Crippen molar-refractivity contribution in [2.45, 2.75) is 19.6 Å². The van der Waals surface area contributed by atoms with Gasteiger partial charge in [-0.2, -0.15) is 4.45 Å². The summed E-state index contributed by atoms with van der Waals surface area (Å²) in [6.45, 7) is 1.43. The van der Waals surface area contributed by atoms with Crippen molar-refractivity contribution in [3.8, 4) is 5.75 Å². The second kappa shape index (κ2) is 7.47. The van der Waals surface area contributed by atoms with Crippen LogP contribution < -0.4 is 25.4 Å². The first kappa shape index (κ1) is 19.2. The van der Waals surface area contributed by atoms with Crippen molar-refractivity contribution < 1.29 is 14.3 Å². The number of H-pyrrole nitrogens is 1. The number of rotatable bonds is 4. The van der Waals surface area contributed by atoms with Crippen LogP contribution in [0, 0.1) is 0 Å². The maximum Gasteiger partial charge on any atom is 0.287 e. The molecular weight excluding hydrogens is 476 g/mol. The number of carbonyl (C=O) groups is 2. The Morgan fingerprint density at radius 2 is 2.20 bits per heavy atom. The number of nitrogens with one attached hydrogen (secondary N) is 4. The van der Waals surface area contributed by atoms with Crippen LogP contribution >= 0.6 is 27.5 Å². The second-order valence-corrected chi connectivity index (χ2v) is 8.33. The topological polar surface area (TPSA) is 128 Å². The zero-order valence-corrected chi connectivity index (χ0v) is 17.8. The molecule has 0 fully saturated rings. The van der Waals surface area contributed by atoms with E-state index in [1.807, 2.05) is 5.01 Å². The maximum atomic E-state index is 12.6. The molecule has 12 heteroatoms. The summed E-state index contributed by atoms with van der Waals surface area (Å²) in [4.78, 5) is 45.2. The Morgan fingerprint density at radius 1 is 1.33 bits per heavy atom. The number of benzene rings is 1. The Balaban J connectivity index is 1.34. The first-order valence-corrected chi connectivity index (χ1v) is 10.6. The minimum Gasteiger partial charge on any atom is -0.482 e. The van der Waals surface area contributed by atoms with Crippen molar-refractivity contribution in [3.05, 3.63) is 50.4 Å². The number of thiophene rings is 1. The molecule has 0 saturated carbocycles. The predicted octanol–water partition coefficient (Wildman–Crippen LogP) is 1.38. The highest BCUT2D eigenvalue weighted by Gasteiger charge is 2.26. The number of carbonyl (C=O) groups excluding carboxylic acids is 2. The number of halogens is 1. The first-order valence-electron chi connectivity index (χ1n) is 9.01. The summed E-state index contributed by atoms with van der Waals surface area (Å²) in [5.41, 5.74) is 1.94. The van der Waals surface area contributed by atoms with Gasteiger partial charge in [0.1, 0.15) is 10.6 Å². The molecule has 154 valence electrons. The maximum absolute atomic E-state index is 12.6. The highest BCUT2D eigenvalue weighted by Crippen LogP contribution is 2.34. The lowest BCUT2D eigenvalue weighted by molar-refractivity contribution is -0.118. The quantitative estimate of drug-likeness (QED) is 0.406. The van der Waals surface area contributed by atoms with E-state index in [1.165, 1.54) is 11.3 Å². The van der Waals surface area contributed by atoms with E-state index in [-0.39, 0.29) is 30.4 Å². The second-order valence-electron chi connectivity index (χ2n) is 6.89. The number of amides is 2. The number of ether oxygens (including phenoxy) is 1. The Labute approximate surface area is 181 Å². The van der Waals surface area contributed by atoms with E-state index in [0.29, 0.717) is 34.7 Å². The zero-order chi connectivity index (χ0) is 20.8. The Kier molecular flexibility index (Phi) is 4.77. The third kappa shape index (κ3) is 3.37. The molecule has 4 heterocycles. The van der Waals surface area contributed by atoms with Gasteiger partial charge in [-0.25, -0.2) is 9.99 Å². The summed E-state index contributed by atoms with van der Waals surface area (Å²) in [6.07, 6.45) is 0. The number of hydrazine groups is 1. The normalized spacial score (nSPS) is 15.4. The van der Waals surface area contributed by atoms with E-state index in [9.17, 15) is 14.4 Å². The third-order valence-electron chi connectivity index (χ3n) is 4.89. The van der Waals surface area contributed by atoms with Gasteiger partial charge in [-0.05, 0) is 23.3 Å². The number of anilines is 1. The van der Waals surface area contributed by atoms with Gasteiger partial charge in [0.2, 0.25) is 5.82 Å². The molecule has 0 unspecified atom stereocenters. The van der Waals surface area contributed by atoms with Crippen molar-refractivity contribution in [1.29, 1.82) is 0 Å². The molecule has 0 radical (unpaired) electrons. The van der Waals surface area contributed by atoms with Crippen LogP contribution in [0.25, 0.3) is 10.2 Å². The number of aromatic nitrogens is 2. The molecule has 2 aromatic heterocycles. The van der Waals surface area contributed by atoms with Gasteiger partial charge in [-0.15, -0.1) is 11.3 Å². The highest BCUT2D eigenvalue weighted by molar-refractivity contribution is 9.08. The summed E-state index contributed by atoms with van der Waals surface area (Å²) in [5.74, 6) is -0.154. The molecule has 0 aliphatic carbocycles. The van der Waals surface area contributed by atoms with E-state index < -0.39 is 5.91 Å². The highest BCUT2D eigenvalue weighted by atomic mass is 79.9. The molecule has 3 aromatic rings. The smallest absolute Gasteiger partial charge is 0.287 e. The van der Waals surface area contributed by atoms with Crippen LogP contribution in [-0.2, 0) is 24.4 Å². The minimum atomic E-state index is -0.482. The fraction of sp³-hybridized carbons (Fsp3) is 0.222. The Hall–Kier alpha value is -2.80. The summed E-state index contributed by atoms with van der Waals surface area (Å²) in [6, 6.07) is 5.27. The lowest BCUT2D eigenvalue weighted by atomic mass is 10.1. The molecule has 5 rings (SSSR count). The molecule has 0 saturated heterocycles. The molecule has 2 aliphatic heterocycles. The number of hydrogen-bond donors (Lipinski definition) is 4. The lowest BCUT2D eigenvalue weighted by Crippen LogP contribution is -2.28. The number of fused-ring (bicyclic) bond motifs is 4. The van der Waals surface area contributed by atoms with Crippen LogP contribution in [-0.4, -0.2) is 33.4 Å². The van der Waals surface area contributed by atoms with E-state index in [0.717, 1.165) is 16.0 Å².